The zero-order valence-corrected chi connectivity index (χ0v) is 12.1. The molecule has 0 bridgehead atoms. The van der Waals surface area contributed by atoms with E-state index in [1.165, 1.54) is 0 Å². The Labute approximate surface area is 113 Å². The Morgan fingerprint density at radius 1 is 1.44 bits per heavy atom. The number of anilines is 1. The largest absolute Gasteiger partial charge is 0.398 e. The highest BCUT2D eigenvalue weighted by molar-refractivity contribution is 14.1. The quantitative estimate of drug-likeness (QED) is 0.794. The normalized spacial score (nSPS) is 11.0. The van der Waals surface area contributed by atoms with E-state index in [9.17, 15) is 0 Å². The van der Waals surface area contributed by atoms with Gasteiger partial charge in [0.05, 0.1) is 10.5 Å². The number of hydrogen-bond acceptors (Lipinski definition) is 2. The number of nitrogen functional groups attached to an aromatic ring is 1. The topological polar surface area (TPSA) is 38.9 Å². The van der Waals surface area contributed by atoms with Crippen LogP contribution in [0.15, 0.2) is 12.1 Å². The molecule has 2 aromatic rings. The molecule has 0 aliphatic carbocycles. The molecule has 2 N–H and O–H groups in total. The molecule has 1 aromatic carbocycles. The number of fused-ring (bicyclic) bond motifs is 1. The van der Waals surface area contributed by atoms with Crippen molar-refractivity contribution in [2.75, 3.05) is 5.73 Å². The minimum atomic E-state index is 0.670. The van der Waals surface area contributed by atoms with Gasteiger partial charge in [-0.2, -0.15) is 0 Å². The predicted octanol–water partition coefficient (Wildman–Crippen LogP) is 3.95. The molecule has 0 radical (unpaired) electrons. The summed E-state index contributed by atoms with van der Waals surface area (Å²) in [7, 11) is 0. The second-order valence-corrected chi connectivity index (χ2v) is 5.39. The fraction of sp³-hybridized carbons (Fsp3) is 0.250. The van der Waals surface area contributed by atoms with Crippen LogP contribution in [0.3, 0.4) is 0 Å². The number of hydrogen-bond donors (Lipinski definition) is 1. The van der Waals surface area contributed by atoms with Crippen LogP contribution in [0.4, 0.5) is 5.69 Å². The molecule has 0 atom stereocenters. The van der Waals surface area contributed by atoms with Gasteiger partial charge in [-0.3, -0.25) is 4.98 Å². The fourth-order valence-corrected chi connectivity index (χ4v) is 2.87. The lowest BCUT2D eigenvalue weighted by Gasteiger charge is -2.11. The highest BCUT2D eigenvalue weighted by Gasteiger charge is 2.11. The zero-order chi connectivity index (χ0) is 11.9. The van der Waals surface area contributed by atoms with E-state index in [1.54, 1.807) is 0 Å². The van der Waals surface area contributed by atoms with Gasteiger partial charge >= 0.3 is 0 Å². The van der Waals surface area contributed by atoms with Crippen molar-refractivity contribution < 1.29 is 0 Å². The summed E-state index contributed by atoms with van der Waals surface area (Å²) in [5, 5.41) is 1.62. The summed E-state index contributed by atoms with van der Waals surface area (Å²) >= 11 is 8.42. The molecule has 0 saturated heterocycles. The Hall–Kier alpha value is -0.550. The summed E-state index contributed by atoms with van der Waals surface area (Å²) in [6.07, 6.45) is 0.869. The van der Waals surface area contributed by atoms with Crippen LogP contribution in [0.1, 0.15) is 18.2 Å². The first kappa shape index (κ1) is 11.9. The molecule has 0 aliphatic rings. The first-order valence-electron chi connectivity index (χ1n) is 5.08. The maximum absolute atomic E-state index is 6.19. The number of aromatic nitrogens is 1. The van der Waals surface area contributed by atoms with Crippen LogP contribution in [-0.2, 0) is 6.42 Å². The van der Waals surface area contributed by atoms with Gasteiger partial charge in [-0.15, -0.1) is 0 Å². The number of pyridine rings is 1. The van der Waals surface area contributed by atoms with Crippen LogP contribution in [0.2, 0.25) is 5.02 Å². The Kier molecular flexibility index (Phi) is 3.26. The number of benzene rings is 1. The van der Waals surface area contributed by atoms with Crippen molar-refractivity contribution in [3.05, 3.63) is 32.0 Å². The highest BCUT2D eigenvalue weighted by atomic mass is 127. The molecule has 16 heavy (non-hydrogen) atoms. The molecule has 0 saturated carbocycles. The van der Waals surface area contributed by atoms with Gasteiger partial charge in [0.25, 0.3) is 0 Å². The smallest absolute Gasteiger partial charge is 0.0913 e. The molecule has 1 heterocycles. The van der Waals surface area contributed by atoms with Gasteiger partial charge < -0.3 is 5.73 Å². The van der Waals surface area contributed by atoms with Gasteiger partial charge in [0.15, 0.2) is 0 Å². The molecular formula is C12H12ClIN2. The van der Waals surface area contributed by atoms with Gasteiger partial charge in [-0.25, -0.2) is 0 Å². The SMILES string of the molecule is CCc1nc2c(Cl)cc(I)cc2c(N)c1C. The summed E-state index contributed by atoms with van der Waals surface area (Å²) in [6, 6.07) is 3.93. The Morgan fingerprint density at radius 3 is 2.75 bits per heavy atom. The lowest BCUT2D eigenvalue weighted by molar-refractivity contribution is 1.03. The number of nitrogens with two attached hydrogens (primary N) is 1. The third-order valence-electron chi connectivity index (χ3n) is 2.74. The lowest BCUT2D eigenvalue weighted by Crippen LogP contribution is -2.00. The van der Waals surface area contributed by atoms with Crippen molar-refractivity contribution in [3.63, 3.8) is 0 Å². The molecule has 84 valence electrons. The van der Waals surface area contributed by atoms with E-state index >= 15 is 0 Å². The molecule has 0 amide bonds. The molecular weight excluding hydrogens is 335 g/mol. The summed E-state index contributed by atoms with van der Waals surface area (Å²) < 4.78 is 1.08. The monoisotopic (exact) mass is 346 g/mol. The molecule has 4 heteroatoms. The van der Waals surface area contributed by atoms with E-state index in [2.05, 4.69) is 34.5 Å². The minimum Gasteiger partial charge on any atom is -0.398 e. The van der Waals surface area contributed by atoms with Crippen LogP contribution in [0.5, 0.6) is 0 Å². The van der Waals surface area contributed by atoms with Gasteiger partial charge in [0.2, 0.25) is 0 Å². The third-order valence-corrected chi connectivity index (χ3v) is 3.65. The average Bonchev–Trinajstić information content (AvgIpc) is 2.24. The first-order valence-corrected chi connectivity index (χ1v) is 6.54. The van der Waals surface area contributed by atoms with Crippen LogP contribution in [-0.4, -0.2) is 4.98 Å². The Bertz CT molecular complexity index is 567. The molecule has 2 rings (SSSR count). The van der Waals surface area contributed by atoms with E-state index in [1.807, 2.05) is 19.1 Å². The standard InChI is InChI=1S/C12H12ClIN2/c1-3-10-6(2)11(15)8-4-7(14)5-9(13)12(8)16-10/h4-5H,3H2,1-2H3,(H2,15,16). The summed E-state index contributed by atoms with van der Waals surface area (Å²) in [6.45, 7) is 4.08. The number of rotatable bonds is 1. The molecule has 0 aliphatic heterocycles. The maximum Gasteiger partial charge on any atom is 0.0913 e. The van der Waals surface area contributed by atoms with E-state index in [0.29, 0.717) is 5.02 Å². The predicted molar refractivity (Wildman–Crippen MR) is 78.0 cm³/mol. The van der Waals surface area contributed by atoms with Gasteiger partial charge in [0.1, 0.15) is 0 Å². The van der Waals surface area contributed by atoms with E-state index in [0.717, 1.165) is 37.8 Å². The summed E-state index contributed by atoms with van der Waals surface area (Å²) in [5.41, 5.74) is 9.82. The third kappa shape index (κ3) is 1.86. The maximum atomic E-state index is 6.19. The van der Waals surface area contributed by atoms with Crippen LogP contribution in [0.25, 0.3) is 10.9 Å². The lowest BCUT2D eigenvalue weighted by atomic mass is 10.1. The fourth-order valence-electron chi connectivity index (χ4n) is 1.81. The van der Waals surface area contributed by atoms with Crippen molar-refractivity contribution in [3.8, 4) is 0 Å². The zero-order valence-electron chi connectivity index (χ0n) is 9.14. The van der Waals surface area contributed by atoms with Crippen molar-refractivity contribution in [1.82, 2.24) is 4.98 Å². The second-order valence-electron chi connectivity index (χ2n) is 3.73. The summed E-state index contributed by atoms with van der Waals surface area (Å²) in [5.74, 6) is 0. The van der Waals surface area contributed by atoms with E-state index < -0.39 is 0 Å². The van der Waals surface area contributed by atoms with Crippen molar-refractivity contribution >= 4 is 50.8 Å². The number of aryl methyl sites for hydroxylation is 1. The molecule has 0 unspecified atom stereocenters. The van der Waals surface area contributed by atoms with Crippen molar-refractivity contribution in [2.45, 2.75) is 20.3 Å². The highest BCUT2D eigenvalue weighted by Crippen LogP contribution is 2.31. The molecule has 0 spiro atoms. The average molecular weight is 347 g/mol. The Morgan fingerprint density at radius 2 is 2.12 bits per heavy atom. The molecule has 2 nitrogen and oxygen atoms in total. The minimum absolute atomic E-state index is 0.670. The van der Waals surface area contributed by atoms with Gasteiger partial charge in [-0.05, 0) is 53.6 Å². The van der Waals surface area contributed by atoms with E-state index in [4.69, 9.17) is 17.3 Å². The van der Waals surface area contributed by atoms with Gasteiger partial charge in [0, 0.05) is 20.3 Å². The number of nitrogens with zero attached hydrogens (tertiary/aromatic N) is 1. The van der Waals surface area contributed by atoms with Gasteiger partial charge in [-0.1, -0.05) is 18.5 Å². The van der Waals surface area contributed by atoms with E-state index in [-0.39, 0.29) is 0 Å². The first-order chi connectivity index (χ1) is 7.54. The van der Waals surface area contributed by atoms with Crippen LogP contribution < -0.4 is 5.73 Å². The van der Waals surface area contributed by atoms with Crippen LogP contribution in [0, 0.1) is 10.5 Å². The molecule has 0 fully saturated rings. The van der Waals surface area contributed by atoms with Crippen LogP contribution >= 0.6 is 34.2 Å². The second kappa shape index (κ2) is 4.37. The molecule has 1 aromatic heterocycles. The van der Waals surface area contributed by atoms with Crippen molar-refractivity contribution in [1.29, 1.82) is 0 Å². The number of halogens is 2. The summed E-state index contributed by atoms with van der Waals surface area (Å²) in [4.78, 5) is 4.58. The van der Waals surface area contributed by atoms with Crippen molar-refractivity contribution in [2.24, 2.45) is 0 Å². The Balaban J connectivity index is 2.92.